The van der Waals surface area contributed by atoms with Crippen LogP contribution in [0.4, 0.5) is 5.69 Å². The molecule has 1 unspecified atom stereocenters. The third-order valence-corrected chi connectivity index (χ3v) is 3.90. The number of rotatable bonds is 3. The largest absolute Gasteiger partial charge is 0.394 e. The number of halogens is 1. The summed E-state index contributed by atoms with van der Waals surface area (Å²) in [6, 6.07) is 6.02. The standard InChI is InChI=1S/C14H21ClN2O/c15-12-6-5-11(9-16)14(8-12)17-7-3-1-2-4-13(17)10-18/h5-6,8,13,18H,1-4,7,9-10,16H2. The molecule has 0 spiro atoms. The summed E-state index contributed by atoms with van der Waals surface area (Å²) in [6.45, 7) is 1.66. The fourth-order valence-electron chi connectivity index (χ4n) is 2.66. The lowest BCUT2D eigenvalue weighted by Crippen LogP contribution is -2.38. The van der Waals surface area contributed by atoms with E-state index in [0.29, 0.717) is 6.54 Å². The molecule has 0 aliphatic carbocycles. The fourth-order valence-corrected chi connectivity index (χ4v) is 2.83. The molecule has 1 aliphatic rings. The molecule has 0 saturated carbocycles. The first-order valence-corrected chi connectivity index (χ1v) is 7.00. The zero-order valence-corrected chi connectivity index (χ0v) is 11.4. The summed E-state index contributed by atoms with van der Waals surface area (Å²) >= 11 is 6.09. The van der Waals surface area contributed by atoms with Gasteiger partial charge in [0.05, 0.1) is 12.6 Å². The van der Waals surface area contributed by atoms with E-state index in [1.807, 2.05) is 18.2 Å². The zero-order valence-electron chi connectivity index (χ0n) is 10.6. The van der Waals surface area contributed by atoms with Gasteiger partial charge < -0.3 is 15.7 Å². The van der Waals surface area contributed by atoms with E-state index in [-0.39, 0.29) is 12.6 Å². The van der Waals surface area contributed by atoms with Crippen molar-refractivity contribution in [2.45, 2.75) is 38.3 Å². The predicted molar refractivity (Wildman–Crippen MR) is 76.0 cm³/mol. The second kappa shape index (κ2) is 6.41. The van der Waals surface area contributed by atoms with Gasteiger partial charge in [-0.25, -0.2) is 0 Å². The van der Waals surface area contributed by atoms with Crippen LogP contribution in [0.15, 0.2) is 18.2 Å². The molecule has 3 nitrogen and oxygen atoms in total. The summed E-state index contributed by atoms with van der Waals surface area (Å²) in [5, 5.41) is 10.3. The van der Waals surface area contributed by atoms with Crippen LogP contribution in [0.25, 0.3) is 0 Å². The molecular formula is C14H21ClN2O. The van der Waals surface area contributed by atoms with Crippen LogP contribution in [0.1, 0.15) is 31.2 Å². The number of hydrogen-bond donors (Lipinski definition) is 2. The molecule has 1 aliphatic heterocycles. The number of nitrogens with zero attached hydrogens (tertiary/aromatic N) is 1. The van der Waals surface area contributed by atoms with Crippen molar-refractivity contribution < 1.29 is 5.11 Å². The molecule has 1 aromatic carbocycles. The minimum absolute atomic E-state index is 0.191. The van der Waals surface area contributed by atoms with Crippen LogP contribution in [0.5, 0.6) is 0 Å². The lowest BCUT2D eigenvalue weighted by Gasteiger charge is -2.32. The Labute approximate surface area is 114 Å². The fraction of sp³-hybridized carbons (Fsp3) is 0.571. The first-order valence-electron chi connectivity index (χ1n) is 6.62. The Balaban J connectivity index is 2.34. The van der Waals surface area contributed by atoms with Crippen LogP contribution in [-0.4, -0.2) is 24.3 Å². The smallest absolute Gasteiger partial charge is 0.0635 e. The minimum Gasteiger partial charge on any atom is -0.394 e. The highest BCUT2D eigenvalue weighted by atomic mass is 35.5. The minimum atomic E-state index is 0.191. The number of aliphatic hydroxyl groups is 1. The van der Waals surface area contributed by atoms with E-state index in [1.165, 1.54) is 12.8 Å². The highest BCUT2D eigenvalue weighted by Gasteiger charge is 2.22. The van der Waals surface area contributed by atoms with Crippen LogP contribution in [0.3, 0.4) is 0 Å². The Morgan fingerprint density at radius 1 is 1.33 bits per heavy atom. The molecule has 1 fully saturated rings. The lowest BCUT2D eigenvalue weighted by atomic mass is 10.1. The number of benzene rings is 1. The van der Waals surface area contributed by atoms with Gasteiger partial charge in [-0.05, 0) is 30.5 Å². The second-order valence-electron chi connectivity index (χ2n) is 4.86. The van der Waals surface area contributed by atoms with Gasteiger partial charge in [-0.3, -0.25) is 0 Å². The molecule has 3 N–H and O–H groups in total. The van der Waals surface area contributed by atoms with Gasteiger partial charge in [0.25, 0.3) is 0 Å². The molecule has 100 valence electrons. The molecule has 0 radical (unpaired) electrons. The van der Waals surface area contributed by atoms with E-state index in [9.17, 15) is 5.11 Å². The van der Waals surface area contributed by atoms with E-state index >= 15 is 0 Å². The van der Waals surface area contributed by atoms with Crippen LogP contribution in [-0.2, 0) is 6.54 Å². The highest BCUT2D eigenvalue weighted by molar-refractivity contribution is 6.30. The van der Waals surface area contributed by atoms with Crippen LogP contribution < -0.4 is 10.6 Å². The van der Waals surface area contributed by atoms with Gasteiger partial charge >= 0.3 is 0 Å². The lowest BCUT2D eigenvalue weighted by molar-refractivity contribution is 0.255. The summed E-state index contributed by atoms with van der Waals surface area (Å²) < 4.78 is 0. The Morgan fingerprint density at radius 2 is 2.17 bits per heavy atom. The Bertz CT molecular complexity index is 397. The van der Waals surface area contributed by atoms with Crippen molar-refractivity contribution in [3.8, 4) is 0 Å². The van der Waals surface area contributed by atoms with E-state index in [4.69, 9.17) is 17.3 Å². The molecule has 1 aromatic rings. The van der Waals surface area contributed by atoms with Gasteiger partial charge in [-0.1, -0.05) is 30.5 Å². The van der Waals surface area contributed by atoms with Crippen LogP contribution >= 0.6 is 11.6 Å². The SMILES string of the molecule is NCc1ccc(Cl)cc1N1CCCCCC1CO. The van der Waals surface area contributed by atoms with Crippen molar-refractivity contribution in [2.24, 2.45) is 5.73 Å². The molecule has 4 heteroatoms. The normalized spacial score (nSPS) is 20.8. The monoisotopic (exact) mass is 268 g/mol. The van der Waals surface area contributed by atoms with Crippen molar-refractivity contribution in [3.63, 3.8) is 0 Å². The van der Waals surface area contributed by atoms with Crippen LogP contribution in [0.2, 0.25) is 5.02 Å². The molecule has 18 heavy (non-hydrogen) atoms. The quantitative estimate of drug-likeness (QED) is 0.886. The summed E-state index contributed by atoms with van der Waals surface area (Å²) in [4.78, 5) is 2.28. The summed E-state index contributed by atoms with van der Waals surface area (Å²) in [6.07, 6.45) is 4.60. The number of aliphatic hydroxyl groups excluding tert-OH is 1. The van der Waals surface area contributed by atoms with Crippen molar-refractivity contribution in [3.05, 3.63) is 28.8 Å². The van der Waals surface area contributed by atoms with Gasteiger partial charge in [0, 0.05) is 23.8 Å². The average molecular weight is 269 g/mol. The molecule has 0 aromatic heterocycles. The molecule has 0 bridgehead atoms. The zero-order chi connectivity index (χ0) is 13.0. The van der Waals surface area contributed by atoms with Gasteiger partial charge in [-0.2, -0.15) is 0 Å². The van der Waals surface area contributed by atoms with E-state index < -0.39 is 0 Å². The molecular weight excluding hydrogens is 248 g/mol. The topological polar surface area (TPSA) is 49.5 Å². The summed E-state index contributed by atoms with van der Waals surface area (Å²) in [5.74, 6) is 0. The van der Waals surface area contributed by atoms with Crippen molar-refractivity contribution in [2.75, 3.05) is 18.1 Å². The third-order valence-electron chi connectivity index (χ3n) is 3.66. The second-order valence-corrected chi connectivity index (χ2v) is 5.29. The summed E-state index contributed by atoms with van der Waals surface area (Å²) in [7, 11) is 0. The average Bonchev–Trinajstić information content (AvgIpc) is 2.63. The molecule has 2 rings (SSSR count). The molecule has 1 saturated heterocycles. The van der Waals surface area contributed by atoms with E-state index in [0.717, 1.165) is 35.7 Å². The summed E-state index contributed by atoms with van der Waals surface area (Å²) in [5.41, 5.74) is 7.99. The van der Waals surface area contributed by atoms with Crippen LogP contribution in [0, 0.1) is 0 Å². The van der Waals surface area contributed by atoms with Crippen molar-refractivity contribution in [1.29, 1.82) is 0 Å². The maximum absolute atomic E-state index is 9.57. The van der Waals surface area contributed by atoms with Gasteiger partial charge in [-0.15, -0.1) is 0 Å². The Hall–Kier alpha value is -0.770. The predicted octanol–water partition coefficient (Wildman–Crippen LogP) is 2.54. The first kappa shape index (κ1) is 13.7. The first-order chi connectivity index (χ1) is 8.76. The number of anilines is 1. The maximum atomic E-state index is 9.57. The highest BCUT2D eigenvalue weighted by Crippen LogP contribution is 2.29. The van der Waals surface area contributed by atoms with E-state index in [2.05, 4.69) is 4.90 Å². The Morgan fingerprint density at radius 3 is 2.89 bits per heavy atom. The van der Waals surface area contributed by atoms with Gasteiger partial charge in [0.1, 0.15) is 0 Å². The Kier molecular flexibility index (Phi) is 4.87. The number of hydrogen-bond acceptors (Lipinski definition) is 3. The maximum Gasteiger partial charge on any atom is 0.0635 e. The molecule has 0 amide bonds. The van der Waals surface area contributed by atoms with Gasteiger partial charge in [0.15, 0.2) is 0 Å². The number of nitrogens with two attached hydrogens (primary N) is 1. The van der Waals surface area contributed by atoms with E-state index in [1.54, 1.807) is 0 Å². The van der Waals surface area contributed by atoms with Crippen molar-refractivity contribution >= 4 is 17.3 Å². The van der Waals surface area contributed by atoms with Gasteiger partial charge in [0.2, 0.25) is 0 Å². The molecule has 1 atom stereocenters. The molecule has 1 heterocycles. The van der Waals surface area contributed by atoms with Crippen molar-refractivity contribution in [1.82, 2.24) is 0 Å². The third kappa shape index (κ3) is 2.97.